The molecular weight excluding hydrogens is 333 g/mol. The van der Waals surface area contributed by atoms with Crippen molar-refractivity contribution in [1.29, 1.82) is 5.26 Å². The summed E-state index contributed by atoms with van der Waals surface area (Å²) in [6.07, 6.45) is 3.97. The Hall–Kier alpha value is -1.43. The molecule has 0 aliphatic heterocycles. The summed E-state index contributed by atoms with van der Waals surface area (Å²) in [5.74, 6) is 0.899. The fraction of sp³-hybridized carbons (Fsp3) is 0.600. The highest BCUT2D eigenvalue weighted by Gasteiger charge is 2.65. The third-order valence-corrected chi connectivity index (χ3v) is 7.43. The minimum absolute atomic E-state index is 0.0369. The third kappa shape index (κ3) is 2.15. The largest absolute Gasteiger partial charge is 0.497 e. The van der Waals surface area contributed by atoms with Gasteiger partial charge in [-0.2, -0.15) is 5.26 Å². The molecule has 3 aliphatic rings. The molecule has 1 aromatic rings. The van der Waals surface area contributed by atoms with E-state index in [0.29, 0.717) is 6.42 Å². The number of carbonyl (C=O) groups is 1. The van der Waals surface area contributed by atoms with E-state index in [9.17, 15) is 10.1 Å². The Morgan fingerprint density at radius 1 is 1.36 bits per heavy atom. The van der Waals surface area contributed by atoms with Crippen LogP contribution in [0.25, 0.3) is 0 Å². The van der Waals surface area contributed by atoms with Crippen molar-refractivity contribution >= 4 is 15.2 Å². The molecule has 1 aromatic carbocycles. The molecule has 4 rings (SSSR count). The Bertz CT molecular complexity index is 773. The first kappa shape index (κ1) is 17.0. The summed E-state index contributed by atoms with van der Waals surface area (Å²) in [7, 11) is 4.02. The molecule has 0 heterocycles. The van der Waals surface area contributed by atoms with Crippen LogP contribution in [0.4, 0.5) is 0 Å². The first-order chi connectivity index (χ1) is 12.0. The second-order valence-corrected chi connectivity index (χ2v) is 8.33. The summed E-state index contributed by atoms with van der Waals surface area (Å²) < 4.78 is 11.0. The number of fused-ring (bicyclic) bond motifs is 5. The molecule has 25 heavy (non-hydrogen) atoms. The molecule has 2 fully saturated rings. The number of hydrogen-bond donors (Lipinski definition) is 0. The number of rotatable bonds is 2. The van der Waals surface area contributed by atoms with Crippen molar-refractivity contribution < 1.29 is 14.1 Å². The maximum atomic E-state index is 13.3. The molecule has 4 nitrogen and oxygen atoms in total. The Balaban J connectivity index is 1.85. The maximum absolute atomic E-state index is 13.3. The Morgan fingerprint density at radius 2 is 2.16 bits per heavy atom. The lowest BCUT2D eigenvalue weighted by Crippen LogP contribution is -2.54. The molecule has 132 valence electrons. The van der Waals surface area contributed by atoms with Gasteiger partial charge in [0.1, 0.15) is 11.5 Å². The van der Waals surface area contributed by atoms with Crippen molar-refractivity contribution in [2.24, 2.45) is 16.7 Å². The Labute approximate surface area is 151 Å². The topological polar surface area (TPSA) is 59.3 Å². The van der Waals surface area contributed by atoms with Crippen molar-refractivity contribution in [3.05, 3.63) is 29.3 Å². The van der Waals surface area contributed by atoms with E-state index in [0.717, 1.165) is 42.6 Å². The van der Waals surface area contributed by atoms with Gasteiger partial charge in [0, 0.05) is 21.3 Å². The molecule has 0 N–H and O–H groups in total. The highest BCUT2D eigenvalue weighted by molar-refractivity contribution is 7.09. The number of nitrogens with zero attached hydrogens (tertiary/aromatic N) is 1. The van der Waals surface area contributed by atoms with Gasteiger partial charge in [0.2, 0.25) is 0 Å². The first-order valence-corrected chi connectivity index (χ1v) is 9.43. The van der Waals surface area contributed by atoms with Crippen LogP contribution in [0.3, 0.4) is 0 Å². The quantitative estimate of drug-likeness (QED) is 0.756. The van der Waals surface area contributed by atoms with E-state index in [1.165, 1.54) is 0 Å². The monoisotopic (exact) mass is 357 g/mol. The number of ether oxygens (including phenoxy) is 1. The van der Waals surface area contributed by atoms with Crippen LogP contribution in [0.5, 0.6) is 5.75 Å². The average Bonchev–Trinajstić information content (AvgIpc) is 2.96. The summed E-state index contributed by atoms with van der Waals surface area (Å²) in [6.45, 7) is 2.15. The van der Waals surface area contributed by atoms with Crippen molar-refractivity contribution in [1.82, 2.24) is 0 Å². The van der Waals surface area contributed by atoms with Crippen LogP contribution in [0.15, 0.2) is 18.2 Å². The van der Waals surface area contributed by atoms with Crippen molar-refractivity contribution in [2.45, 2.75) is 51.0 Å². The molecule has 0 bridgehead atoms. The zero-order valence-corrected chi connectivity index (χ0v) is 15.9. The van der Waals surface area contributed by atoms with Gasteiger partial charge in [-0.05, 0) is 54.9 Å². The summed E-state index contributed by atoms with van der Waals surface area (Å²) in [6, 6.07) is 8.59. The number of benzene rings is 1. The van der Waals surface area contributed by atoms with Gasteiger partial charge in [-0.3, -0.25) is 4.79 Å². The smallest absolute Gasteiger partial charge is 0.142 e. The number of nitriles is 1. The van der Waals surface area contributed by atoms with Crippen LogP contribution >= 0.6 is 9.47 Å². The Kier molecular flexibility index (Phi) is 3.94. The molecule has 0 spiro atoms. The van der Waals surface area contributed by atoms with Gasteiger partial charge in [-0.1, -0.05) is 13.0 Å². The van der Waals surface area contributed by atoms with Crippen LogP contribution in [0, 0.1) is 28.1 Å². The molecule has 2 saturated carbocycles. The van der Waals surface area contributed by atoms with Crippen LogP contribution < -0.4 is 4.74 Å². The third-order valence-electron chi connectivity index (χ3n) is 7.10. The lowest BCUT2D eigenvalue weighted by Gasteiger charge is -2.54. The average molecular weight is 357 g/mol. The van der Waals surface area contributed by atoms with E-state index in [-0.39, 0.29) is 29.1 Å². The maximum Gasteiger partial charge on any atom is 0.142 e. The number of methoxy groups -OCH3 is 1. The molecule has 5 heteroatoms. The summed E-state index contributed by atoms with van der Waals surface area (Å²) in [5, 5.41) is 10.3. The van der Waals surface area contributed by atoms with E-state index in [2.05, 4.69) is 22.5 Å². The minimum Gasteiger partial charge on any atom is -0.497 e. The lowest BCUT2D eigenvalue weighted by molar-refractivity contribution is -0.137. The van der Waals surface area contributed by atoms with Gasteiger partial charge in [-0.25, -0.2) is 0 Å². The fourth-order valence-corrected chi connectivity index (χ4v) is 6.44. The highest BCUT2D eigenvalue weighted by Crippen LogP contribution is 2.66. The van der Waals surface area contributed by atoms with Crippen LogP contribution in [0.1, 0.15) is 49.7 Å². The van der Waals surface area contributed by atoms with Crippen LogP contribution in [-0.2, 0) is 15.7 Å². The molecule has 3 aliphatic carbocycles. The van der Waals surface area contributed by atoms with Crippen LogP contribution in [0.2, 0.25) is 0 Å². The fourth-order valence-electron chi connectivity index (χ4n) is 5.99. The standard InChI is InChI=1S/C20H24NO3P/c1-19-10-15(22)18-14-4-3-13(23-2)9-12(14)7-8-20(18,11-21)16(19)5-6-17(19)24-25/h3-4,9,16-18H,5-8,10,25H2,1-2H3/t16-,17+,18+,19+,20-/m1/s1. The van der Waals surface area contributed by atoms with Crippen LogP contribution in [-0.4, -0.2) is 19.0 Å². The number of carbonyl (C=O) groups excluding carboxylic acids is 1. The van der Waals surface area contributed by atoms with Gasteiger partial charge in [-0.15, -0.1) is 0 Å². The van der Waals surface area contributed by atoms with Gasteiger partial charge in [0.15, 0.2) is 0 Å². The number of ketones is 1. The van der Waals surface area contributed by atoms with E-state index in [4.69, 9.17) is 9.26 Å². The van der Waals surface area contributed by atoms with Gasteiger partial charge >= 0.3 is 0 Å². The van der Waals surface area contributed by atoms with Crippen molar-refractivity contribution in [2.75, 3.05) is 7.11 Å². The predicted molar refractivity (Wildman–Crippen MR) is 97.1 cm³/mol. The molecule has 0 aromatic heterocycles. The normalized spacial score (nSPS) is 39.1. The lowest BCUT2D eigenvalue weighted by atomic mass is 9.47. The molecule has 0 amide bonds. The molecule has 0 radical (unpaired) electrons. The zero-order valence-electron chi connectivity index (χ0n) is 14.7. The first-order valence-electron chi connectivity index (χ1n) is 8.96. The number of Topliss-reactive ketones (excluding diaryl/α,β-unsaturated/α-hetero) is 1. The van der Waals surface area contributed by atoms with E-state index in [1.54, 1.807) is 7.11 Å². The SMILES string of the molecule is COc1ccc2c(c1)CC[C@]1(C#N)[C@@H]2C(=O)C[C@]2(C)[C@@H](OP)CC[C@H]21. The summed E-state index contributed by atoms with van der Waals surface area (Å²) in [5.41, 5.74) is 1.35. The minimum atomic E-state index is -0.608. The Morgan fingerprint density at radius 3 is 2.84 bits per heavy atom. The number of aryl methyl sites for hydroxylation is 1. The van der Waals surface area contributed by atoms with Gasteiger partial charge in [0.25, 0.3) is 0 Å². The van der Waals surface area contributed by atoms with Gasteiger partial charge in [0.05, 0.1) is 30.6 Å². The zero-order chi connectivity index (χ0) is 17.8. The van der Waals surface area contributed by atoms with E-state index >= 15 is 0 Å². The molecule has 0 saturated heterocycles. The van der Waals surface area contributed by atoms with Crippen molar-refractivity contribution in [3.63, 3.8) is 0 Å². The summed E-state index contributed by atoms with van der Waals surface area (Å²) >= 11 is 0. The highest BCUT2D eigenvalue weighted by atomic mass is 31.0. The second-order valence-electron chi connectivity index (χ2n) is 8.05. The van der Waals surface area contributed by atoms with Crippen molar-refractivity contribution in [3.8, 4) is 11.8 Å². The predicted octanol–water partition coefficient (Wildman–Crippen LogP) is 3.80. The number of hydrogen-bond acceptors (Lipinski definition) is 4. The van der Waals surface area contributed by atoms with Gasteiger partial charge < -0.3 is 9.26 Å². The molecule has 6 atom stereocenters. The van der Waals surface area contributed by atoms with E-state index in [1.807, 2.05) is 18.2 Å². The molecule has 1 unspecified atom stereocenters. The van der Waals surface area contributed by atoms with E-state index < -0.39 is 5.41 Å². The molecular formula is C20H24NO3P. The summed E-state index contributed by atoms with van der Waals surface area (Å²) in [4.78, 5) is 13.3. The second kappa shape index (κ2) is 5.79.